The van der Waals surface area contributed by atoms with Crippen LogP contribution < -0.4 is 22.4 Å². The summed E-state index contributed by atoms with van der Waals surface area (Å²) in [6.45, 7) is 8.88. The number of anilines is 1. The van der Waals surface area contributed by atoms with Gasteiger partial charge in [-0.3, -0.25) is 4.79 Å². The van der Waals surface area contributed by atoms with Crippen molar-refractivity contribution in [1.29, 1.82) is 0 Å². The first-order valence-electron chi connectivity index (χ1n) is 9.80. The van der Waals surface area contributed by atoms with Crippen molar-refractivity contribution in [2.75, 3.05) is 5.32 Å². The second-order valence-electron chi connectivity index (χ2n) is 7.06. The zero-order chi connectivity index (χ0) is 23.3. The lowest BCUT2D eigenvalue weighted by Crippen LogP contribution is -2.54. The number of hydrogen-bond donors (Lipinski definition) is 1. The molecule has 3 aromatic rings. The van der Waals surface area contributed by atoms with Gasteiger partial charge in [-0.05, 0) is 19.1 Å². The van der Waals surface area contributed by atoms with Crippen LogP contribution in [-0.2, 0) is 30.8 Å². The van der Waals surface area contributed by atoms with Crippen LogP contribution >= 0.6 is 11.3 Å². The van der Waals surface area contributed by atoms with Crippen molar-refractivity contribution in [1.82, 2.24) is 18.7 Å². The van der Waals surface area contributed by atoms with Crippen molar-refractivity contribution in [2.24, 2.45) is 0 Å². The van der Waals surface area contributed by atoms with Gasteiger partial charge in [-0.15, -0.1) is 24.5 Å². The summed E-state index contributed by atoms with van der Waals surface area (Å²) in [5.41, 5.74) is 0.0217. The SMILES string of the molecule is C=CCn1c(=O)n(CC=C)c(=O)n(Cc2csc(CC(=O)Nc3ccc(C)cc3)n2)c1=O. The van der Waals surface area contributed by atoms with Crippen LogP contribution in [0.15, 0.2) is 69.3 Å². The molecule has 0 unspecified atom stereocenters. The highest BCUT2D eigenvalue weighted by atomic mass is 32.1. The number of rotatable bonds is 9. The topological polar surface area (TPSA) is 108 Å². The largest absolute Gasteiger partial charge is 0.336 e. The van der Waals surface area contributed by atoms with Crippen LogP contribution in [0, 0.1) is 6.92 Å². The number of aryl methyl sites for hydroxylation is 1. The Bertz CT molecular complexity index is 1280. The summed E-state index contributed by atoms with van der Waals surface area (Å²) in [6, 6.07) is 7.44. The maximum absolute atomic E-state index is 12.7. The molecule has 0 spiro atoms. The minimum Gasteiger partial charge on any atom is -0.326 e. The van der Waals surface area contributed by atoms with Crippen molar-refractivity contribution >= 4 is 22.9 Å². The average Bonchev–Trinajstić information content (AvgIpc) is 3.20. The van der Waals surface area contributed by atoms with Crippen LogP contribution in [0.25, 0.3) is 0 Å². The fraction of sp³-hybridized carbons (Fsp3) is 0.227. The number of amides is 1. The third kappa shape index (κ3) is 5.09. The normalized spacial score (nSPS) is 10.7. The van der Waals surface area contributed by atoms with Gasteiger partial charge in [0.25, 0.3) is 0 Å². The van der Waals surface area contributed by atoms with Gasteiger partial charge in [0.2, 0.25) is 5.91 Å². The quantitative estimate of drug-likeness (QED) is 0.495. The number of thiazole rings is 1. The molecule has 0 saturated heterocycles. The van der Waals surface area contributed by atoms with E-state index in [-0.39, 0.29) is 32.0 Å². The van der Waals surface area contributed by atoms with Crippen molar-refractivity contribution < 1.29 is 4.79 Å². The first kappa shape index (κ1) is 22.9. The Balaban J connectivity index is 1.82. The van der Waals surface area contributed by atoms with Crippen LogP contribution in [0.4, 0.5) is 5.69 Å². The molecule has 1 aromatic carbocycles. The molecule has 0 fully saturated rings. The number of carbonyl (C=O) groups is 1. The molecule has 0 bridgehead atoms. The zero-order valence-corrected chi connectivity index (χ0v) is 18.4. The Morgan fingerprint density at radius 2 is 1.56 bits per heavy atom. The van der Waals surface area contributed by atoms with Crippen LogP contribution in [0.3, 0.4) is 0 Å². The Morgan fingerprint density at radius 1 is 1.00 bits per heavy atom. The lowest BCUT2D eigenvalue weighted by atomic mass is 10.2. The molecule has 0 radical (unpaired) electrons. The van der Waals surface area contributed by atoms with Gasteiger partial charge in [0.05, 0.1) is 31.7 Å². The monoisotopic (exact) mass is 453 g/mol. The van der Waals surface area contributed by atoms with Crippen molar-refractivity contribution in [3.8, 4) is 0 Å². The van der Waals surface area contributed by atoms with E-state index in [1.54, 1.807) is 5.38 Å². The van der Waals surface area contributed by atoms with Gasteiger partial charge in [-0.25, -0.2) is 33.1 Å². The molecular weight excluding hydrogens is 430 g/mol. The van der Waals surface area contributed by atoms with Gasteiger partial charge in [0.15, 0.2) is 0 Å². The maximum atomic E-state index is 12.7. The lowest BCUT2D eigenvalue weighted by molar-refractivity contribution is -0.115. The summed E-state index contributed by atoms with van der Waals surface area (Å²) >= 11 is 1.26. The highest BCUT2D eigenvalue weighted by molar-refractivity contribution is 7.09. The Kier molecular flexibility index (Phi) is 7.16. The van der Waals surface area contributed by atoms with E-state index < -0.39 is 17.1 Å². The van der Waals surface area contributed by atoms with Crippen LogP contribution in [0.2, 0.25) is 0 Å². The first-order valence-corrected chi connectivity index (χ1v) is 10.7. The average molecular weight is 454 g/mol. The summed E-state index contributed by atoms with van der Waals surface area (Å²) in [5.74, 6) is -0.222. The van der Waals surface area contributed by atoms with Gasteiger partial charge < -0.3 is 5.32 Å². The number of hydrogen-bond acceptors (Lipinski definition) is 6. The molecule has 0 aliphatic carbocycles. The summed E-state index contributed by atoms with van der Waals surface area (Å²) in [4.78, 5) is 54.6. The number of aromatic nitrogens is 4. The Labute approximate surface area is 187 Å². The summed E-state index contributed by atoms with van der Waals surface area (Å²) in [5, 5.41) is 5.03. The highest BCUT2D eigenvalue weighted by Gasteiger charge is 2.16. The standard InChI is InChI=1S/C22H23N5O4S/c1-4-10-25-20(29)26(11-5-2)22(31)27(21(25)30)13-17-14-32-19(24-17)12-18(28)23-16-8-6-15(3)7-9-16/h4-9,14H,1-2,10-13H2,3H3,(H,23,28). The second kappa shape index (κ2) is 10.0. The van der Waals surface area contributed by atoms with E-state index in [0.717, 1.165) is 19.3 Å². The Morgan fingerprint density at radius 3 is 2.12 bits per heavy atom. The molecule has 2 aromatic heterocycles. The van der Waals surface area contributed by atoms with E-state index in [0.29, 0.717) is 16.4 Å². The van der Waals surface area contributed by atoms with Gasteiger partial charge in [0.1, 0.15) is 5.01 Å². The predicted octanol–water partition coefficient (Wildman–Crippen LogP) is 1.54. The molecule has 1 N–H and O–H groups in total. The summed E-state index contributed by atoms with van der Waals surface area (Å²) in [7, 11) is 0. The van der Waals surface area contributed by atoms with E-state index in [4.69, 9.17) is 0 Å². The number of carbonyl (C=O) groups excluding carboxylic acids is 1. The molecule has 0 aliphatic rings. The summed E-state index contributed by atoms with van der Waals surface area (Å²) in [6.07, 6.45) is 2.87. The van der Waals surface area contributed by atoms with E-state index in [2.05, 4.69) is 23.5 Å². The first-order chi connectivity index (χ1) is 15.3. The number of nitrogens with zero attached hydrogens (tertiary/aromatic N) is 4. The smallest absolute Gasteiger partial charge is 0.326 e. The molecule has 0 atom stereocenters. The van der Waals surface area contributed by atoms with Gasteiger partial charge >= 0.3 is 17.1 Å². The molecule has 3 rings (SSSR count). The van der Waals surface area contributed by atoms with E-state index in [1.807, 2.05) is 31.2 Å². The molecule has 0 aliphatic heterocycles. The van der Waals surface area contributed by atoms with Gasteiger partial charge in [-0.2, -0.15) is 0 Å². The number of nitrogens with one attached hydrogen (secondary N) is 1. The second-order valence-corrected chi connectivity index (χ2v) is 8.00. The minimum absolute atomic E-state index is 0.0312. The third-order valence-corrected chi connectivity index (χ3v) is 5.47. The van der Waals surface area contributed by atoms with Crippen LogP contribution in [0.1, 0.15) is 16.3 Å². The molecule has 166 valence electrons. The van der Waals surface area contributed by atoms with Crippen LogP contribution in [-0.4, -0.2) is 24.6 Å². The molecular formula is C22H23N5O4S. The number of allylic oxidation sites excluding steroid dienone is 2. The van der Waals surface area contributed by atoms with E-state index in [1.165, 1.54) is 23.5 Å². The van der Waals surface area contributed by atoms with E-state index >= 15 is 0 Å². The number of benzene rings is 1. The van der Waals surface area contributed by atoms with Crippen molar-refractivity contribution in [2.45, 2.75) is 33.0 Å². The molecule has 0 saturated carbocycles. The van der Waals surface area contributed by atoms with Crippen molar-refractivity contribution in [3.63, 3.8) is 0 Å². The molecule has 1 amide bonds. The summed E-state index contributed by atoms with van der Waals surface area (Å²) < 4.78 is 2.81. The molecule has 32 heavy (non-hydrogen) atoms. The lowest BCUT2D eigenvalue weighted by Gasteiger charge is -2.11. The fourth-order valence-corrected chi connectivity index (χ4v) is 3.82. The molecule has 10 heteroatoms. The highest BCUT2D eigenvalue weighted by Crippen LogP contribution is 2.13. The van der Waals surface area contributed by atoms with Gasteiger partial charge in [0, 0.05) is 11.1 Å². The molecule has 9 nitrogen and oxygen atoms in total. The van der Waals surface area contributed by atoms with Crippen LogP contribution in [0.5, 0.6) is 0 Å². The minimum atomic E-state index is -0.744. The van der Waals surface area contributed by atoms with Crippen molar-refractivity contribution in [3.05, 3.63) is 103 Å². The van der Waals surface area contributed by atoms with E-state index in [9.17, 15) is 19.2 Å². The maximum Gasteiger partial charge on any atom is 0.336 e. The Hall–Kier alpha value is -3.79. The predicted molar refractivity (Wildman–Crippen MR) is 124 cm³/mol. The van der Waals surface area contributed by atoms with Gasteiger partial charge in [-0.1, -0.05) is 29.8 Å². The fourth-order valence-electron chi connectivity index (χ4n) is 3.03. The zero-order valence-electron chi connectivity index (χ0n) is 17.6. The molecule has 2 heterocycles. The third-order valence-electron chi connectivity index (χ3n) is 4.58.